The third kappa shape index (κ3) is 6.40. The van der Waals surface area contributed by atoms with Crippen molar-refractivity contribution < 1.29 is 0 Å². The Labute approximate surface area is 278 Å². The second kappa shape index (κ2) is 13.0. The zero-order valence-corrected chi connectivity index (χ0v) is 30.2. The quantitative estimate of drug-likeness (QED) is 0.262. The molecule has 0 N–H and O–H groups in total. The molecule has 0 heteroatoms. The van der Waals surface area contributed by atoms with E-state index in [1.54, 1.807) is 11.1 Å². The molecule has 0 radical (unpaired) electrons. The van der Waals surface area contributed by atoms with Crippen molar-refractivity contribution in [3.63, 3.8) is 0 Å². The molecule has 246 valence electrons. The predicted octanol–water partition coefficient (Wildman–Crippen LogP) is 12.9. The minimum absolute atomic E-state index is 0.0908. The van der Waals surface area contributed by atoms with Crippen molar-refractivity contribution in [2.45, 2.75) is 131 Å². The minimum Gasteiger partial charge on any atom is -0.100 e. The standard InChI is InChI=1S/C45H66/c1-31(2)16-15-17-32-22-23-37(28-32)45(33-18-11-9-12-19-33,34-20-13-10-14-21-34)42-40-29-35(43(3,4)5)24-26-38(40)39-27-25-36(30-41(39)42)44(6,7)8/h9-14,18-21,32,35-42H,1,15-17,22-30H2,2-8H3. The first-order chi connectivity index (χ1) is 21.4. The molecule has 8 unspecified atom stereocenters. The van der Waals surface area contributed by atoms with Gasteiger partial charge in [0.2, 0.25) is 0 Å². The van der Waals surface area contributed by atoms with Crippen LogP contribution in [0.3, 0.4) is 0 Å². The smallest absolute Gasteiger partial charge is 0.0264 e. The van der Waals surface area contributed by atoms with E-state index in [2.05, 4.69) is 116 Å². The maximum atomic E-state index is 4.23. The number of rotatable bonds is 8. The van der Waals surface area contributed by atoms with Crippen molar-refractivity contribution in [1.82, 2.24) is 0 Å². The third-order valence-electron chi connectivity index (χ3n) is 14.3. The SMILES string of the molecule is C=C(C)CCCC1CCC(C(c2ccccc2)(c2ccccc2)C2C3CC(C(C)(C)C)CCC3C3CCC(C(C)(C)C)CC32)C1. The molecule has 4 aliphatic carbocycles. The fourth-order valence-electron chi connectivity index (χ4n) is 12.1. The lowest BCUT2D eigenvalue weighted by Crippen LogP contribution is -2.49. The molecular formula is C45H66. The molecule has 2 aromatic rings. The molecule has 4 aliphatic rings. The van der Waals surface area contributed by atoms with Crippen LogP contribution in [0.1, 0.15) is 137 Å². The zero-order chi connectivity index (χ0) is 32.0. The lowest BCUT2D eigenvalue weighted by atomic mass is 9.50. The highest BCUT2D eigenvalue weighted by atomic mass is 14.7. The molecule has 0 saturated heterocycles. The predicted molar refractivity (Wildman–Crippen MR) is 194 cm³/mol. The molecule has 2 aromatic carbocycles. The van der Waals surface area contributed by atoms with Gasteiger partial charge in [-0.2, -0.15) is 0 Å². The first kappa shape index (κ1) is 33.1. The summed E-state index contributed by atoms with van der Waals surface area (Å²) in [6, 6.07) is 24.3. The van der Waals surface area contributed by atoms with E-state index in [0.29, 0.717) is 16.7 Å². The van der Waals surface area contributed by atoms with E-state index >= 15 is 0 Å². The molecular weight excluding hydrogens is 540 g/mol. The average Bonchev–Trinajstić information content (AvgIpc) is 3.61. The zero-order valence-electron chi connectivity index (χ0n) is 30.2. The maximum absolute atomic E-state index is 4.23. The number of fused-ring (bicyclic) bond motifs is 3. The second-order valence-electron chi connectivity index (χ2n) is 18.8. The van der Waals surface area contributed by atoms with Crippen LogP contribution in [0.25, 0.3) is 0 Å². The van der Waals surface area contributed by atoms with Gasteiger partial charge in [0.15, 0.2) is 0 Å². The van der Waals surface area contributed by atoms with Crippen LogP contribution in [0, 0.1) is 64.1 Å². The Morgan fingerprint density at radius 3 is 1.51 bits per heavy atom. The molecule has 0 heterocycles. The largest absolute Gasteiger partial charge is 0.100 e. The molecule has 0 bridgehead atoms. The van der Waals surface area contributed by atoms with Gasteiger partial charge < -0.3 is 0 Å². The number of benzene rings is 2. The van der Waals surface area contributed by atoms with Crippen molar-refractivity contribution in [3.8, 4) is 0 Å². The minimum atomic E-state index is 0.0908. The van der Waals surface area contributed by atoms with Crippen LogP contribution in [0.4, 0.5) is 0 Å². The highest BCUT2D eigenvalue weighted by Gasteiger charge is 2.63. The van der Waals surface area contributed by atoms with Gasteiger partial charge in [-0.1, -0.05) is 121 Å². The normalized spacial score (nSPS) is 33.9. The lowest BCUT2D eigenvalue weighted by Gasteiger charge is -2.53. The number of hydrogen-bond donors (Lipinski definition) is 0. The van der Waals surface area contributed by atoms with Crippen LogP contribution >= 0.6 is 0 Å². The van der Waals surface area contributed by atoms with Gasteiger partial charge >= 0.3 is 0 Å². The van der Waals surface area contributed by atoms with E-state index in [4.69, 9.17) is 0 Å². The van der Waals surface area contributed by atoms with Gasteiger partial charge in [0.05, 0.1) is 0 Å². The molecule has 0 amide bonds. The van der Waals surface area contributed by atoms with Crippen molar-refractivity contribution in [2.75, 3.05) is 0 Å². The van der Waals surface area contributed by atoms with Crippen LogP contribution < -0.4 is 0 Å². The highest BCUT2D eigenvalue weighted by Crippen LogP contribution is 2.69. The van der Waals surface area contributed by atoms with Gasteiger partial charge in [-0.25, -0.2) is 0 Å². The Morgan fingerprint density at radius 1 is 0.600 bits per heavy atom. The fraction of sp³-hybridized carbons (Fsp3) is 0.689. The fourth-order valence-corrected chi connectivity index (χ4v) is 12.1. The summed E-state index contributed by atoms with van der Waals surface area (Å²) < 4.78 is 0. The van der Waals surface area contributed by atoms with Crippen LogP contribution in [-0.2, 0) is 5.41 Å². The maximum Gasteiger partial charge on any atom is 0.0264 e. The van der Waals surface area contributed by atoms with E-state index in [1.807, 2.05) is 0 Å². The first-order valence-corrected chi connectivity index (χ1v) is 19.2. The summed E-state index contributed by atoms with van der Waals surface area (Å²) in [4.78, 5) is 0. The van der Waals surface area contributed by atoms with Gasteiger partial charge in [-0.3, -0.25) is 0 Å². The molecule has 4 saturated carbocycles. The summed E-state index contributed by atoms with van der Waals surface area (Å²) in [6.45, 7) is 21.7. The summed E-state index contributed by atoms with van der Waals surface area (Å²) in [7, 11) is 0. The summed E-state index contributed by atoms with van der Waals surface area (Å²) >= 11 is 0. The molecule has 45 heavy (non-hydrogen) atoms. The van der Waals surface area contributed by atoms with E-state index in [1.165, 1.54) is 82.6 Å². The Hall–Kier alpha value is -1.82. The van der Waals surface area contributed by atoms with Gasteiger partial charge in [0, 0.05) is 5.41 Å². The van der Waals surface area contributed by atoms with E-state index in [0.717, 1.165) is 47.3 Å². The van der Waals surface area contributed by atoms with E-state index in [-0.39, 0.29) is 5.41 Å². The van der Waals surface area contributed by atoms with Crippen molar-refractivity contribution >= 4 is 0 Å². The number of hydrogen-bond acceptors (Lipinski definition) is 0. The molecule has 0 spiro atoms. The first-order valence-electron chi connectivity index (χ1n) is 19.2. The van der Waals surface area contributed by atoms with Crippen molar-refractivity contribution in [3.05, 3.63) is 83.9 Å². The van der Waals surface area contributed by atoms with E-state index < -0.39 is 0 Å². The van der Waals surface area contributed by atoms with Crippen LogP contribution in [0.15, 0.2) is 72.8 Å². The van der Waals surface area contributed by atoms with Crippen LogP contribution in [0.5, 0.6) is 0 Å². The Balaban J connectivity index is 1.52. The Kier molecular flexibility index (Phi) is 9.56. The van der Waals surface area contributed by atoms with Crippen molar-refractivity contribution in [1.29, 1.82) is 0 Å². The Bertz CT molecular complexity index is 1180. The summed E-state index contributed by atoms with van der Waals surface area (Å²) in [5.41, 5.74) is 5.51. The molecule has 0 nitrogen and oxygen atoms in total. The molecule has 0 aromatic heterocycles. The monoisotopic (exact) mass is 607 g/mol. The van der Waals surface area contributed by atoms with Gasteiger partial charge in [-0.05, 0) is 146 Å². The molecule has 4 fully saturated rings. The summed E-state index contributed by atoms with van der Waals surface area (Å²) in [5, 5.41) is 0. The summed E-state index contributed by atoms with van der Waals surface area (Å²) in [5.74, 6) is 7.47. The number of allylic oxidation sites excluding steroid dienone is 1. The summed E-state index contributed by atoms with van der Waals surface area (Å²) in [6.07, 6.45) is 16.8. The van der Waals surface area contributed by atoms with E-state index in [9.17, 15) is 0 Å². The van der Waals surface area contributed by atoms with Gasteiger partial charge in [0.25, 0.3) is 0 Å². The van der Waals surface area contributed by atoms with Crippen molar-refractivity contribution in [2.24, 2.45) is 64.1 Å². The topological polar surface area (TPSA) is 0 Å². The third-order valence-corrected chi connectivity index (χ3v) is 14.3. The molecule has 6 rings (SSSR count). The second-order valence-corrected chi connectivity index (χ2v) is 18.8. The molecule has 8 atom stereocenters. The van der Waals surface area contributed by atoms with Gasteiger partial charge in [0.1, 0.15) is 0 Å². The van der Waals surface area contributed by atoms with Gasteiger partial charge in [-0.15, -0.1) is 6.58 Å². The highest BCUT2D eigenvalue weighted by molar-refractivity contribution is 5.43. The molecule has 0 aliphatic heterocycles. The lowest BCUT2D eigenvalue weighted by molar-refractivity contribution is 0.0420. The van der Waals surface area contributed by atoms with Crippen LogP contribution in [0.2, 0.25) is 0 Å². The van der Waals surface area contributed by atoms with Crippen LogP contribution in [-0.4, -0.2) is 0 Å². The Morgan fingerprint density at radius 2 is 1.07 bits per heavy atom. The average molecular weight is 607 g/mol.